The van der Waals surface area contributed by atoms with Gasteiger partial charge in [-0.3, -0.25) is 0 Å². The average Bonchev–Trinajstić information content (AvgIpc) is 2.78. The molecule has 3 aromatic rings. The normalized spacial score (nSPS) is 17.6. The predicted molar refractivity (Wildman–Crippen MR) is 125 cm³/mol. The minimum absolute atomic E-state index is 0.227. The van der Waals surface area contributed by atoms with Gasteiger partial charge in [-0.1, -0.05) is 31.6 Å². The van der Waals surface area contributed by atoms with Crippen LogP contribution in [-0.4, -0.2) is 0 Å². The highest BCUT2D eigenvalue weighted by molar-refractivity contribution is 5.46. The van der Waals surface area contributed by atoms with Crippen LogP contribution in [0.15, 0.2) is 36.4 Å². The fourth-order valence-corrected chi connectivity index (χ4v) is 4.64. The highest BCUT2D eigenvalue weighted by Gasteiger charge is 2.41. The Morgan fingerprint density at radius 1 is 0.711 bits per heavy atom. The molecular formula is C29H22F8O. The van der Waals surface area contributed by atoms with Crippen LogP contribution in [0.3, 0.4) is 0 Å². The van der Waals surface area contributed by atoms with Gasteiger partial charge in [0, 0.05) is 23.3 Å². The van der Waals surface area contributed by atoms with E-state index in [-0.39, 0.29) is 11.1 Å². The molecule has 1 aliphatic rings. The average molecular weight is 538 g/mol. The molecule has 0 N–H and O–H groups in total. The first-order chi connectivity index (χ1) is 17.9. The van der Waals surface area contributed by atoms with Gasteiger partial charge in [-0.25, -0.2) is 26.3 Å². The number of rotatable bonds is 4. The first kappa shape index (κ1) is 27.5. The van der Waals surface area contributed by atoms with E-state index >= 15 is 0 Å². The Hall–Kier alpha value is -3.54. The first-order valence-electron chi connectivity index (χ1n) is 11.9. The zero-order chi connectivity index (χ0) is 27.8. The van der Waals surface area contributed by atoms with E-state index < -0.39 is 69.4 Å². The highest BCUT2D eigenvalue weighted by atomic mass is 19.3. The van der Waals surface area contributed by atoms with Gasteiger partial charge in [0.25, 0.3) is 0 Å². The molecule has 3 aromatic carbocycles. The molecule has 0 amide bonds. The molecule has 1 nitrogen and oxygen atoms in total. The standard InChI is InChI=1S/C29H22F8O/c1-15-3-6-18(7-4-15)27-23(32)13-19(14-24(27)33)38-29(36,37)28-25(34)11-17(12-26(28)35)5-8-20-21(30)9-16(2)10-22(20)31/h9-15,18H,3-4,6-7H2,1-2H3. The molecule has 1 saturated carbocycles. The van der Waals surface area contributed by atoms with E-state index in [0.29, 0.717) is 43.0 Å². The van der Waals surface area contributed by atoms with Crippen molar-refractivity contribution in [3.63, 3.8) is 0 Å². The van der Waals surface area contributed by atoms with E-state index in [2.05, 4.69) is 16.6 Å². The molecule has 0 saturated heterocycles. The van der Waals surface area contributed by atoms with Crippen LogP contribution in [0.1, 0.15) is 66.3 Å². The monoisotopic (exact) mass is 538 g/mol. The first-order valence-corrected chi connectivity index (χ1v) is 11.9. The smallest absolute Gasteiger partial charge is 0.429 e. The molecule has 0 atom stereocenters. The van der Waals surface area contributed by atoms with Crippen molar-refractivity contribution in [2.24, 2.45) is 5.92 Å². The molecular weight excluding hydrogens is 516 g/mol. The second-order valence-corrected chi connectivity index (χ2v) is 9.54. The lowest BCUT2D eigenvalue weighted by Gasteiger charge is -2.27. The van der Waals surface area contributed by atoms with Gasteiger partial charge in [0.15, 0.2) is 0 Å². The summed E-state index contributed by atoms with van der Waals surface area (Å²) in [7, 11) is 0. The van der Waals surface area contributed by atoms with Gasteiger partial charge < -0.3 is 4.74 Å². The van der Waals surface area contributed by atoms with Crippen molar-refractivity contribution in [1.82, 2.24) is 0 Å². The van der Waals surface area contributed by atoms with Crippen LogP contribution in [-0.2, 0) is 6.11 Å². The van der Waals surface area contributed by atoms with Crippen LogP contribution in [0, 0.1) is 59.6 Å². The topological polar surface area (TPSA) is 9.23 Å². The Labute approximate surface area is 214 Å². The van der Waals surface area contributed by atoms with Gasteiger partial charge in [0.05, 0.1) is 5.56 Å². The summed E-state index contributed by atoms with van der Waals surface area (Å²) in [5.41, 5.74) is -2.91. The summed E-state index contributed by atoms with van der Waals surface area (Å²) in [6.45, 7) is 3.48. The fourth-order valence-electron chi connectivity index (χ4n) is 4.64. The minimum Gasteiger partial charge on any atom is -0.429 e. The molecule has 0 aromatic heterocycles. The maximum absolute atomic E-state index is 14.8. The summed E-state index contributed by atoms with van der Waals surface area (Å²) in [4.78, 5) is 0. The number of aryl methyl sites for hydroxylation is 1. The van der Waals surface area contributed by atoms with Crippen molar-refractivity contribution in [2.75, 3.05) is 0 Å². The molecule has 0 bridgehead atoms. The molecule has 4 rings (SSSR count). The predicted octanol–water partition coefficient (Wildman–Crippen LogP) is 8.65. The molecule has 38 heavy (non-hydrogen) atoms. The maximum atomic E-state index is 14.8. The summed E-state index contributed by atoms with van der Waals surface area (Å²) < 4.78 is 120. The van der Waals surface area contributed by atoms with Gasteiger partial charge in [-0.05, 0) is 61.4 Å². The van der Waals surface area contributed by atoms with Gasteiger partial charge >= 0.3 is 6.11 Å². The van der Waals surface area contributed by atoms with E-state index in [0.717, 1.165) is 25.0 Å². The zero-order valence-electron chi connectivity index (χ0n) is 20.4. The molecule has 0 spiro atoms. The van der Waals surface area contributed by atoms with Gasteiger partial charge in [-0.2, -0.15) is 8.78 Å². The molecule has 0 radical (unpaired) electrons. The maximum Gasteiger partial charge on any atom is 0.432 e. The quantitative estimate of drug-likeness (QED) is 0.239. The molecule has 0 aliphatic heterocycles. The van der Waals surface area contributed by atoms with Crippen LogP contribution in [0.25, 0.3) is 0 Å². The fraction of sp³-hybridized carbons (Fsp3) is 0.310. The number of halogens is 8. The Morgan fingerprint density at radius 2 is 1.24 bits per heavy atom. The summed E-state index contributed by atoms with van der Waals surface area (Å²) in [6, 6.07) is 3.99. The molecule has 9 heteroatoms. The van der Waals surface area contributed by atoms with Crippen molar-refractivity contribution in [2.45, 2.75) is 51.6 Å². The summed E-state index contributed by atoms with van der Waals surface area (Å²) in [6.07, 6.45) is -2.03. The zero-order valence-corrected chi connectivity index (χ0v) is 20.4. The number of benzene rings is 3. The Kier molecular flexibility index (Phi) is 7.73. The largest absolute Gasteiger partial charge is 0.432 e. The van der Waals surface area contributed by atoms with Gasteiger partial charge in [0.1, 0.15) is 46.2 Å². The van der Waals surface area contributed by atoms with Crippen LogP contribution in [0.4, 0.5) is 35.1 Å². The summed E-state index contributed by atoms with van der Waals surface area (Å²) in [5.74, 6) is -4.46. The van der Waals surface area contributed by atoms with Crippen LogP contribution >= 0.6 is 0 Å². The Morgan fingerprint density at radius 3 is 1.76 bits per heavy atom. The van der Waals surface area contributed by atoms with Gasteiger partial charge in [0.2, 0.25) is 0 Å². The lowest BCUT2D eigenvalue weighted by atomic mass is 9.79. The van der Waals surface area contributed by atoms with Gasteiger partial charge in [-0.15, -0.1) is 0 Å². The van der Waals surface area contributed by atoms with Crippen molar-refractivity contribution in [3.05, 3.63) is 99.1 Å². The Bertz CT molecular complexity index is 1360. The lowest BCUT2D eigenvalue weighted by molar-refractivity contribution is -0.189. The third-order valence-corrected chi connectivity index (χ3v) is 6.57. The van der Waals surface area contributed by atoms with Crippen molar-refractivity contribution in [3.8, 4) is 17.6 Å². The van der Waals surface area contributed by atoms with Crippen molar-refractivity contribution >= 4 is 0 Å². The Balaban J connectivity index is 1.59. The number of ether oxygens (including phenoxy) is 1. The van der Waals surface area contributed by atoms with E-state index in [1.54, 1.807) is 0 Å². The van der Waals surface area contributed by atoms with Crippen LogP contribution in [0.5, 0.6) is 5.75 Å². The SMILES string of the molecule is Cc1cc(F)c(C#Cc2cc(F)c(C(F)(F)Oc3cc(F)c(C4CCC(C)CC4)c(F)c3)c(F)c2)c(F)c1. The molecule has 0 heterocycles. The minimum atomic E-state index is -4.66. The third-order valence-electron chi connectivity index (χ3n) is 6.57. The number of hydrogen-bond donors (Lipinski definition) is 0. The second kappa shape index (κ2) is 10.7. The van der Waals surface area contributed by atoms with E-state index in [1.807, 2.05) is 6.92 Å². The number of alkyl halides is 2. The molecule has 1 fully saturated rings. The van der Waals surface area contributed by atoms with Crippen molar-refractivity contribution < 1.29 is 39.9 Å². The molecule has 0 unspecified atom stereocenters. The summed E-state index contributed by atoms with van der Waals surface area (Å²) >= 11 is 0. The number of hydrogen-bond acceptors (Lipinski definition) is 1. The van der Waals surface area contributed by atoms with E-state index in [4.69, 9.17) is 0 Å². The van der Waals surface area contributed by atoms with Crippen LogP contribution in [0.2, 0.25) is 0 Å². The van der Waals surface area contributed by atoms with Crippen molar-refractivity contribution in [1.29, 1.82) is 0 Å². The molecule has 200 valence electrons. The highest BCUT2D eigenvalue weighted by Crippen LogP contribution is 2.41. The second-order valence-electron chi connectivity index (χ2n) is 9.54. The molecule has 1 aliphatic carbocycles. The van der Waals surface area contributed by atoms with E-state index in [1.165, 1.54) is 6.92 Å². The lowest BCUT2D eigenvalue weighted by Crippen LogP contribution is -2.25. The third kappa shape index (κ3) is 5.79. The van der Waals surface area contributed by atoms with Crippen LogP contribution < -0.4 is 4.74 Å². The summed E-state index contributed by atoms with van der Waals surface area (Å²) in [5, 5.41) is 0. The van der Waals surface area contributed by atoms with E-state index in [9.17, 15) is 35.1 Å².